The summed E-state index contributed by atoms with van der Waals surface area (Å²) in [5.41, 5.74) is 22.6. The first-order chi connectivity index (χ1) is 37.4. The molecule has 0 aliphatic heterocycles. The molecule has 2 heterocycles. The van der Waals surface area contributed by atoms with Crippen molar-refractivity contribution in [2.75, 3.05) is 4.90 Å². The van der Waals surface area contributed by atoms with Crippen molar-refractivity contribution in [1.29, 1.82) is 0 Å². The van der Waals surface area contributed by atoms with Gasteiger partial charge in [0, 0.05) is 55.3 Å². The summed E-state index contributed by atoms with van der Waals surface area (Å²) in [5, 5.41) is 7.36. The van der Waals surface area contributed by atoms with Crippen molar-refractivity contribution in [3.05, 3.63) is 284 Å². The Morgan fingerprint density at radius 3 is 1.64 bits per heavy atom. The molecule has 0 fully saturated rings. The van der Waals surface area contributed by atoms with Crippen molar-refractivity contribution in [3.8, 4) is 55.9 Å². The van der Waals surface area contributed by atoms with E-state index in [9.17, 15) is 0 Å². The molecule has 0 bridgehead atoms. The molecule has 0 amide bonds. The fourth-order valence-corrected chi connectivity index (χ4v) is 12.6. The summed E-state index contributed by atoms with van der Waals surface area (Å²) in [5.74, 6) is 0. The van der Waals surface area contributed by atoms with Crippen LogP contribution >= 0.6 is 0 Å². The molecule has 2 aromatic heterocycles. The van der Waals surface area contributed by atoms with Gasteiger partial charge in [0.15, 0.2) is 0 Å². The van der Waals surface area contributed by atoms with Gasteiger partial charge in [-0.3, -0.25) is 0 Å². The second-order valence-electron chi connectivity index (χ2n) is 20.9. The fraction of sp³-hybridized carbons (Fsp3) is 0.0411. The smallest absolute Gasteiger partial charge is 0.0547 e. The minimum absolute atomic E-state index is 0.106. The van der Waals surface area contributed by atoms with Gasteiger partial charge in [-0.05, 0) is 164 Å². The van der Waals surface area contributed by atoms with Crippen LogP contribution < -0.4 is 4.90 Å². The number of nitrogens with zero attached hydrogens (tertiary/aromatic N) is 3. The number of anilines is 3. The summed E-state index contributed by atoms with van der Waals surface area (Å²) in [7, 11) is 0. The van der Waals surface area contributed by atoms with Gasteiger partial charge in [-0.1, -0.05) is 184 Å². The SMILES string of the molecule is CC1(C)c2ccccc2-c2ccc(-n3c4ccccc4c4cc(-c5cc(-c6ccc7c8ccccc8n(-c8ccccc8)c7c6)cc(-c6ccccc6N(c6ccccc6)c6ccc7ccccc7c6)c5)ccc43)cc21. The van der Waals surface area contributed by atoms with Crippen LogP contribution in [-0.4, -0.2) is 9.13 Å². The molecule has 1 aliphatic carbocycles. The summed E-state index contributed by atoms with van der Waals surface area (Å²) >= 11 is 0. The van der Waals surface area contributed by atoms with Crippen LogP contribution in [0.1, 0.15) is 25.0 Å². The Morgan fingerprint density at radius 2 is 0.855 bits per heavy atom. The zero-order chi connectivity index (χ0) is 50.5. The van der Waals surface area contributed by atoms with Gasteiger partial charge >= 0.3 is 0 Å². The lowest BCUT2D eigenvalue weighted by Gasteiger charge is -2.28. The predicted molar refractivity (Wildman–Crippen MR) is 321 cm³/mol. The molecule has 358 valence electrons. The number of rotatable bonds is 8. The average Bonchev–Trinajstić information content (AvgIpc) is 4.09. The van der Waals surface area contributed by atoms with Crippen LogP contribution in [0.5, 0.6) is 0 Å². The normalized spacial score (nSPS) is 12.7. The van der Waals surface area contributed by atoms with Crippen LogP contribution in [0.2, 0.25) is 0 Å². The van der Waals surface area contributed by atoms with Crippen molar-refractivity contribution in [2.45, 2.75) is 19.3 Å². The molecule has 0 unspecified atom stereocenters. The number of hydrogen-bond donors (Lipinski definition) is 0. The second-order valence-corrected chi connectivity index (χ2v) is 20.9. The van der Waals surface area contributed by atoms with E-state index >= 15 is 0 Å². The summed E-state index contributed by atoms with van der Waals surface area (Å²) in [4.78, 5) is 2.41. The van der Waals surface area contributed by atoms with E-state index in [2.05, 4.69) is 301 Å². The highest BCUT2D eigenvalue weighted by molar-refractivity contribution is 6.12. The van der Waals surface area contributed by atoms with E-state index in [-0.39, 0.29) is 5.41 Å². The lowest BCUT2D eigenvalue weighted by atomic mass is 9.82. The van der Waals surface area contributed by atoms with Crippen LogP contribution in [0, 0.1) is 0 Å². The van der Waals surface area contributed by atoms with E-state index in [1.54, 1.807) is 0 Å². The second kappa shape index (κ2) is 17.2. The van der Waals surface area contributed by atoms with E-state index in [4.69, 9.17) is 0 Å². The molecule has 0 saturated heterocycles. The molecule has 76 heavy (non-hydrogen) atoms. The fourth-order valence-electron chi connectivity index (χ4n) is 12.6. The Balaban J connectivity index is 0.946. The first-order valence-corrected chi connectivity index (χ1v) is 26.4. The van der Waals surface area contributed by atoms with Gasteiger partial charge < -0.3 is 14.0 Å². The standard InChI is InChI=1S/C73H51N3/c1-73(2)66-29-15-11-26-60(66)61-39-37-58(47-67(61)73)76-70-32-18-14-28-63(70)65-45-50(35-40-71(65)76)52-41-53(51-34-38-64-62-27-13-17-31-69(62)75(72(64)46-51)56-23-7-4-8-24-56)43-54(42-52)59-25-12-16-30-68(59)74(55-21-5-3-6-22-55)57-36-33-48-19-9-10-20-49(48)44-57/h3-47H,1-2H3. The van der Waals surface area contributed by atoms with Gasteiger partial charge in [-0.15, -0.1) is 0 Å². The number of benzene rings is 12. The zero-order valence-electron chi connectivity index (χ0n) is 42.3. The molecule has 15 rings (SSSR count). The zero-order valence-corrected chi connectivity index (χ0v) is 42.3. The van der Waals surface area contributed by atoms with E-state index in [1.807, 2.05) is 0 Å². The van der Waals surface area contributed by atoms with E-state index in [0.29, 0.717) is 0 Å². The third kappa shape index (κ3) is 6.90. The third-order valence-electron chi connectivity index (χ3n) is 16.2. The van der Waals surface area contributed by atoms with Crippen LogP contribution in [-0.2, 0) is 5.41 Å². The number of fused-ring (bicyclic) bond motifs is 10. The van der Waals surface area contributed by atoms with Crippen LogP contribution in [0.4, 0.5) is 17.1 Å². The molecular weight excluding hydrogens is 919 g/mol. The molecule has 0 radical (unpaired) electrons. The maximum absolute atomic E-state index is 2.47. The van der Waals surface area contributed by atoms with Gasteiger partial charge in [-0.25, -0.2) is 0 Å². The molecule has 12 aromatic carbocycles. The van der Waals surface area contributed by atoms with Gasteiger partial charge in [0.25, 0.3) is 0 Å². The molecule has 14 aromatic rings. The van der Waals surface area contributed by atoms with E-state index in [1.165, 1.54) is 82.3 Å². The summed E-state index contributed by atoms with van der Waals surface area (Å²) in [6, 6.07) is 101. The Hall–Kier alpha value is -9.70. The molecule has 0 spiro atoms. The number of aromatic nitrogens is 2. The van der Waals surface area contributed by atoms with Gasteiger partial charge in [0.05, 0.1) is 27.8 Å². The van der Waals surface area contributed by atoms with E-state index in [0.717, 1.165) is 56.1 Å². The van der Waals surface area contributed by atoms with Gasteiger partial charge in [0.1, 0.15) is 0 Å². The highest BCUT2D eigenvalue weighted by Crippen LogP contribution is 2.50. The average molecular weight is 970 g/mol. The third-order valence-corrected chi connectivity index (χ3v) is 16.2. The molecule has 3 nitrogen and oxygen atoms in total. The Morgan fingerprint density at radius 1 is 0.289 bits per heavy atom. The largest absolute Gasteiger partial charge is 0.310 e. The van der Waals surface area contributed by atoms with Crippen molar-refractivity contribution < 1.29 is 0 Å². The Labute approximate surface area is 442 Å². The maximum Gasteiger partial charge on any atom is 0.0547 e. The van der Waals surface area contributed by atoms with Crippen LogP contribution in [0.25, 0.3) is 110 Å². The number of hydrogen-bond acceptors (Lipinski definition) is 1. The van der Waals surface area contributed by atoms with Crippen molar-refractivity contribution in [3.63, 3.8) is 0 Å². The topological polar surface area (TPSA) is 13.1 Å². The monoisotopic (exact) mass is 969 g/mol. The van der Waals surface area contributed by atoms with Gasteiger partial charge in [-0.2, -0.15) is 0 Å². The highest BCUT2D eigenvalue weighted by atomic mass is 15.1. The van der Waals surface area contributed by atoms with Gasteiger partial charge in [0.2, 0.25) is 0 Å². The summed E-state index contributed by atoms with van der Waals surface area (Å²) in [6.45, 7) is 4.73. The first-order valence-electron chi connectivity index (χ1n) is 26.4. The lowest BCUT2D eigenvalue weighted by Crippen LogP contribution is -2.15. The first kappa shape index (κ1) is 43.8. The number of para-hydroxylation sites is 5. The Bertz CT molecular complexity index is 4610. The molecule has 0 N–H and O–H groups in total. The highest BCUT2D eigenvalue weighted by Gasteiger charge is 2.35. The molecule has 0 saturated carbocycles. The molecular formula is C73H51N3. The molecule has 1 aliphatic rings. The summed E-state index contributed by atoms with van der Waals surface area (Å²) in [6.07, 6.45) is 0. The predicted octanol–water partition coefficient (Wildman–Crippen LogP) is 19.8. The quantitative estimate of drug-likeness (QED) is 0.148. The maximum atomic E-state index is 2.47. The minimum Gasteiger partial charge on any atom is -0.310 e. The van der Waals surface area contributed by atoms with Crippen LogP contribution in [0.15, 0.2) is 273 Å². The molecule has 3 heteroatoms. The van der Waals surface area contributed by atoms with Crippen molar-refractivity contribution >= 4 is 71.4 Å². The minimum atomic E-state index is -0.106. The van der Waals surface area contributed by atoms with E-state index < -0.39 is 0 Å². The van der Waals surface area contributed by atoms with Crippen LogP contribution in [0.3, 0.4) is 0 Å². The lowest BCUT2D eigenvalue weighted by molar-refractivity contribution is 0.660. The summed E-state index contributed by atoms with van der Waals surface area (Å²) < 4.78 is 4.89. The molecule has 0 atom stereocenters. The Kier molecular flexibility index (Phi) is 9.92. The van der Waals surface area contributed by atoms with Crippen molar-refractivity contribution in [1.82, 2.24) is 9.13 Å². The van der Waals surface area contributed by atoms with Crippen molar-refractivity contribution in [2.24, 2.45) is 0 Å².